The number of Topliss-reactive ketones (excluding diaryl/α,β-unsaturated/α-hetero) is 1. The topological polar surface area (TPSA) is 144 Å². The Hall–Kier alpha value is -2.93. The fourth-order valence-corrected chi connectivity index (χ4v) is 2.07. The third-order valence-electron chi connectivity index (χ3n) is 3.19. The van der Waals surface area contributed by atoms with Gasteiger partial charge in [0.05, 0.1) is 0 Å². The maximum atomic E-state index is 12.1. The van der Waals surface area contributed by atoms with Crippen LogP contribution in [0.25, 0.3) is 0 Å². The van der Waals surface area contributed by atoms with E-state index in [0.717, 1.165) is 12.1 Å². The van der Waals surface area contributed by atoms with Gasteiger partial charge in [0.15, 0.2) is 17.3 Å². The second-order valence-electron chi connectivity index (χ2n) is 4.84. The van der Waals surface area contributed by atoms with Crippen LogP contribution in [0.2, 0.25) is 0 Å². The fourth-order valence-electron chi connectivity index (χ4n) is 2.07. The minimum absolute atomic E-state index is 0.254. The standard InChI is InChI=1S/C15H15NO6/c16-9(7-1-2-10(18)11(19)3-7)6-14(22)15-12(20)4-8(17)5-13(15)21/h1-5,9,17-21H,6,16H2. The molecular formula is C15H15NO6. The minimum Gasteiger partial charge on any atom is -0.508 e. The average Bonchev–Trinajstić information content (AvgIpc) is 2.40. The molecule has 0 spiro atoms. The molecule has 2 aromatic carbocycles. The number of ketones is 1. The maximum Gasteiger partial charge on any atom is 0.172 e. The normalized spacial score (nSPS) is 12.0. The van der Waals surface area contributed by atoms with E-state index < -0.39 is 23.3 Å². The first kappa shape index (κ1) is 15.5. The minimum atomic E-state index is -0.813. The van der Waals surface area contributed by atoms with Gasteiger partial charge in [-0.2, -0.15) is 0 Å². The van der Waals surface area contributed by atoms with Crippen molar-refractivity contribution in [2.24, 2.45) is 5.73 Å². The Labute approximate surface area is 125 Å². The molecule has 0 saturated carbocycles. The lowest BCUT2D eigenvalue weighted by Crippen LogP contribution is -2.15. The number of hydrogen-bond acceptors (Lipinski definition) is 7. The zero-order valence-corrected chi connectivity index (χ0v) is 11.4. The Morgan fingerprint density at radius 3 is 2.05 bits per heavy atom. The van der Waals surface area contributed by atoms with Gasteiger partial charge in [-0.1, -0.05) is 6.07 Å². The fraction of sp³-hybridized carbons (Fsp3) is 0.133. The summed E-state index contributed by atoms with van der Waals surface area (Å²) in [5, 5.41) is 47.2. The molecule has 0 aliphatic carbocycles. The van der Waals surface area contributed by atoms with Crippen molar-refractivity contribution >= 4 is 5.78 Å². The number of carbonyl (C=O) groups is 1. The summed E-state index contributed by atoms with van der Waals surface area (Å²) in [4.78, 5) is 12.1. The smallest absolute Gasteiger partial charge is 0.172 e. The van der Waals surface area contributed by atoms with Crippen LogP contribution in [-0.2, 0) is 0 Å². The van der Waals surface area contributed by atoms with Gasteiger partial charge in [-0.15, -0.1) is 0 Å². The van der Waals surface area contributed by atoms with Crippen LogP contribution >= 0.6 is 0 Å². The number of phenolic OH excluding ortho intramolecular Hbond substituents is 5. The van der Waals surface area contributed by atoms with Gasteiger partial charge < -0.3 is 31.3 Å². The van der Waals surface area contributed by atoms with Crippen LogP contribution in [-0.4, -0.2) is 31.3 Å². The molecule has 0 heterocycles. The highest BCUT2D eigenvalue weighted by Gasteiger charge is 2.21. The maximum absolute atomic E-state index is 12.1. The van der Waals surface area contributed by atoms with E-state index in [-0.39, 0.29) is 29.2 Å². The molecule has 0 saturated heterocycles. The molecule has 2 rings (SSSR count). The molecular weight excluding hydrogens is 290 g/mol. The number of phenols is 5. The molecule has 7 nitrogen and oxygen atoms in total. The molecule has 1 atom stereocenters. The van der Waals surface area contributed by atoms with Gasteiger partial charge in [0, 0.05) is 24.6 Å². The SMILES string of the molecule is NC(CC(=O)c1c(O)cc(O)cc1O)c1ccc(O)c(O)c1. The van der Waals surface area contributed by atoms with Gasteiger partial charge in [-0.05, 0) is 17.7 Å². The summed E-state index contributed by atoms with van der Waals surface area (Å²) >= 11 is 0. The Balaban J connectivity index is 2.23. The van der Waals surface area contributed by atoms with Crippen LogP contribution in [0.1, 0.15) is 28.4 Å². The second kappa shape index (κ2) is 5.82. The van der Waals surface area contributed by atoms with E-state index in [4.69, 9.17) is 5.73 Å². The first-order valence-electron chi connectivity index (χ1n) is 6.35. The van der Waals surface area contributed by atoms with Crippen LogP contribution in [0, 0.1) is 0 Å². The lowest BCUT2D eigenvalue weighted by molar-refractivity contribution is 0.0969. The molecule has 7 heteroatoms. The Kier molecular flexibility index (Phi) is 4.09. The van der Waals surface area contributed by atoms with Gasteiger partial charge in [0.25, 0.3) is 0 Å². The van der Waals surface area contributed by atoms with Crippen molar-refractivity contribution in [2.45, 2.75) is 12.5 Å². The predicted molar refractivity (Wildman–Crippen MR) is 77.1 cm³/mol. The van der Waals surface area contributed by atoms with Gasteiger partial charge in [-0.25, -0.2) is 0 Å². The summed E-state index contributed by atoms with van der Waals surface area (Å²) in [5.74, 6) is -2.78. The van der Waals surface area contributed by atoms with Gasteiger partial charge in [-0.3, -0.25) is 4.79 Å². The van der Waals surface area contributed by atoms with Gasteiger partial charge in [0.1, 0.15) is 22.8 Å². The Morgan fingerprint density at radius 1 is 0.909 bits per heavy atom. The van der Waals surface area contributed by atoms with Crippen LogP contribution < -0.4 is 5.73 Å². The summed E-state index contributed by atoms with van der Waals surface area (Å²) < 4.78 is 0. The zero-order valence-electron chi connectivity index (χ0n) is 11.4. The van der Waals surface area contributed by atoms with Crippen LogP contribution in [0.15, 0.2) is 30.3 Å². The number of aromatic hydroxyl groups is 5. The molecule has 0 aliphatic rings. The van der Waals surface area contributed by atoms with Crippen LogP contribution in [0.5, 0.6) is 28.7 Å². The van der Waals surface area contributed by atoms with Crippen LogP contribution in [0.3, 0.4) is 0 Å². The average molecular weight is 305 g/mol. The molecule has 0 radical (unpaired) electrons. The van der Waals surface area contributed by atoms with Crippen LogP contribution in [0.4, 0.5) is 0 Å². The molecule has 0 fully saturated rings. The molecule has 0 aliphatic heterocycles. The monoisotopic (exact) mass is 305 g/mol. The Morgan fingerprint density at radius 2 is 1.50 bits per heavy atom. The van der Waals surface area contributed by atoms with Crippen molar-refractivity contribution in [3.63, 3.8) is 0 Å². The number of rotatable bonds is 4. The third kappa shape index (κ3) is 3.04. The van der Waals surface area contributed by atoms with E-state index in [1.165, 1.54) is 18.2 Å². The quantitative estimate of drug-likeness (QED) is 0.371. The number of hydrogen-bond donors (Lipinski definition) is 6. The molecule has 0 bridgehead atoms. The van der Waals surface area contributed by atoms with E-state index in [0.29, 0.717) is 5.56 Å². The summed E-state index contributed by atoms with van der Waals surface area (Å²) in [5.41, 5.74) is 5.92. The summed E-state index contributed by atoms with van der Waals surface area (Å²) in [6, 6.07) is 4.97. The van der Waals surface area contributed by atoms with E-state index >= 15 is 0 Å². The number of carbonyl (C=O) groups excluding carboxylic acids is 1. The van der Waals surface area contributed by atoms with E-state index in [9.17, 15) is 30.3 Å². The first-order valence-corrected chi connectivity index (χ1v) is 6.35. The second-order valence-corrected chi connectivity index (χ2v) is 4.84. The summed E-state index contributed by atoms with van der Waals surface area (Å²) in [7, 11) is 0. The molecule has 116 valence electrons. The molecule has 7 N–H and O–H groups in total. The lowest BCUT2D eigenvalue weighted by atomic mass is 9.97. The van der Waals surface area contributed by atoms with Crippen molar-refractivity contribution in [1.82, 2.24) is 0 Å². The van der Waals surface area contributed by atoms with Crippen molar-refractivity contribution in [2.75, 3.05) is 0 Å². The first-order chi connectivity index (χ1) is 10.3. The third-order valence-corrected chi connectivity index (χ3v) is 3.19. The van der Waals surface area contributed by atoms with E-state index in [1.807, 2.05) is 0 Å². The zero-order chi connectivity index (χ0) is 16.4. The largest absolute Gasteiger partial charge is 0.508 e. The highest BCUT2D eigenvalue weighted by Crippen LogP contribution is 2.34. The van der Waals surface area contributed by atoms with Crippen molar-refractivity contribution in [3.8, 4) is 28.7 Å². The molecule has 0 aromatic heterocycles. The van der Waals surface area contributed by atoms with Gasteiger partial charge >= 0.3 is 0 Å². The molecule has 22 heavy (non-hydrogen) atoms. The van der Waals surface area contributed by atoms with Gasteiger partial charge in [0.2, 0.25) is 0 Å². The number of nitrogens with two attached hydrogens (primary N) is 1. The number of benzene rings is 2. The molecule has 2 aromatic rings. The summed E-state index contributed by atoms with van der Waals surface area (Å²) in [6.07, 6.45) is -0.254. The molecule has 0 amide bonds. The molecule has 1 unspecified atom stereocenters. The highest BCUT2D eigenvalue weighted by atomic mass is 16.3. The predicted octanol–water partition coefficient (Wildman–Crippen LogP) is 1.49. The summed E-state index contributed by atoms with van der Waals surface area (Å²) in [6.45, 7) is 0. The van der Waals surface area contributed by atoms with Crippen molar-refractivity contribution < 1.29 is 30.3 Å². The van der Waals surface area contributed by atoms with E-state index in [2.05, 4.69) is 0 Å². The van der Waals surface area contributed by atoms with E-state index in [1.54, 1.807) is 0 Å². The van der Waals surface area contributed by atoms with Crippen molar-refractivity contribution in [1.29, 1.82) is 0 Å². The highest BCUT2D eigenvalue weighted by molar-refractivity contribution is 6.01. The van der Waals surface area contributed by atoms with Crippen molar-refractivity contribution in [3.05, 3.63) is 41.5 Å². The Bertz CT molecular complexity index is 705. The lowest BCUT2D eigenvalue weighted by Gasteiger charge is -2.13.